The Balaban J connectivity index is 2.18. The minimum Gasteiger partial charge on any atom is -0.367 e. The van der Waals surface area contributed by atoms with Gasteiger partial charge in [0, 0.05) is 5.88 Å². The molecule has 1 atom stereocenters. The first-order valence-electron chi connectivity index (χ1n) is 6.54. The number of rotatable bonds is 3. The van der Waals surface area contributed by atoms with Crippen LogP contribution in [0, 0.1) is 0 Å². The van der Waals surface area contributed by atoms with Gasteiger partial charge in [-0.1, -0.05) is 60.1 Å². The van der Waals surface area contributed by atoms with Gasteiger partial charge in [0.2, 0.25) is 0 Å². The quantitative estimate of drug-likeness (QED) is 0.704. The Morgan fingerprint density at radius 1 is 0.950 bits per heavy atom. The van der Waals surface area contributed by atoms with Gasteiger partial charge in [-0.3, -0.25) is 0 Å². The van der Waals surface area contributed by atoms with Crippen LogP contribution in [0.25, 0.3) is 17.2 Å². The third-order valence-electron chi connectivity index (χ3n) is 3.40. The lowest BCUT2D eigenvalue weighted by molar-refractivity contribution is 0.0963. The summed E-state index contributed by atoms with van der Waals surface area (Å²) >= 11 is 12.2. The Kier molecular flexibility index (Phi) is 4.11. The highest BCUT2D eigenvalue weighted by molar-refractivity contribution is 6.32. The van der Waals surface area contributed by atoms with E-state index in [2.05, 4.69) is 24.3 Å². The maximum absolute atomic E-state index is 6.47. The second-order valence-electron chi connectivity index (χ2n) is 4.64. The van der Waals surface area contributed by atoms with Crippen molar-refractivity contribution in [2.75, 3.05) is 12.5 Å². The molecule has 1 unspecified atom stereocenters. The van der Waals surface area contributed by atoms with Crippen LogP contribution in [0.5, 0.6) is 0 Å². The van der Waals surface area contributed by atoms with E-state index in [1.165, 1.54) is 5.56 Å². The lowest BCUT2D eigenvalue weighted by Gasteiger charge is -2.18. The number of halogens is 2. The third kappa shape index (κ3) is 2.49. The predicted molar refractivity (Wildman–Crippen MR) is 85.1 cm³/mol. The molecular formula is C17H14Cl2O. The highest BCUT2D eigenvalue weighted by Crippen LogP contribution is 2.41. The Hall–Kier alpha value is -1.28. The van der Waals surface area contributed by atoms with Crippen LogP contribution in [0.4, 0.5) is 0 Å². The molecule has 3 heteroatoms. The molecule has 0 N–H and O–H groups in total. The zero-order valence-electron chi connectivity index (χ0n) is 10.9. The van der Waals surface area contributed by atoms with Gasteiger partial charge in [0.15, 0.2) is 0 Å². The summed E-state index contributed by atoms with van der Waals surface area (Å²) in [6, 6.07) is 16.4. The summed E-state index contributed by atoms with van der Waals surface area (Å²) in [6.07, 6.45) is 1.73. The molecule has 2 aromatic rings. The number of alkyl halides is 1. The van der Waals surface area contributed by atoms with Gasteiger partial charge in [0.05, 0.1) is 11.6 Å². The van der Waals surface area contributed by atoms with E-state index in [4.69, 9.17) is 27.9 Å². The fraction of sp³-hybridized carbons (Fsp3) is 0.176. The fourth-order valence-electron chi connectivity index (χ4n) is 2.54. The van der Waals surface area contributed by atoms with E-state index in [1.54, 1.807) is 0 Å². The molecule has 0 aliphatic heterocycles. The first kappa shape index (κ1) is 13.7. The maximum Gasteiger partial charge on any atom is 0.119 e. The van der Waals surface area contributed by atoms with E-state index in [-0.39, 0.29) is 6.10 Å². The van der Waals surface area contributed by atoms with Crippen LogP contribution < -0.4 is 0 Å². The van der Waals surface area contributed by atoms with Crippen LogP contribution in [0.15, 0.2) is 53.6 Å². The summed E-state index contributed by atoms with van der Waals surface area (Å²) < 4.78 is 5.85. The van der Waals surface area contributed by atoms with Crippen molar-refractivity contribution in [1.29, 1.82) is 0 Å². The predicted octanol–water partition coefficient (Wildman–Crippen LogP) is 5.24. The third-order valence-corrected chi connectivity index (χ3v) is 3.86. The molecule has 0 heterocycles. The molecule has 0 saturated heterocycles. The zero-order chi connectivity index (χ0) is 13.9. The molecule has 0 amide bonds. The van der Waals surface area contributed by atoms with Crippen LogP contribution in [0.1, 0.15) is 17.2 Å². The SMILES string of the molecule is ClCCOC1C(Cl)=Cc2ccccc2-c2ccccc21. The average Bonchev–Trinajstić information content (AvgIpc) is 2.60. The fourth-order valence-corrected chi connectivity index (χ4v) is 2.93. The lowest BCUT2D eigenvalue weighted by Crippen LogP contribution is -2.07. The van der Waals surface area contributed by atoms with Crippen molar-refractivity contribution in [2.24, 2.45) is 0 Å². The number of benzene rings is 2. The molecule has 3 rings (SSSR count). The molecular weight excluding hydrogens is 291 g/mol. The van der Waals surface area contributed by atoms with Gasteiger partial charge in [0.1, 0.15) is 6.10 Å². The van der Waals surface area contributed by atoms with Gasteiger partial charge in [-0.05, 0) is 28.3 Å². The van der Waals surface area contributed by atoms with Gasteiger partial charge in [-0.15, -0.1) is 11.6 Å². The number of hydrogen-bond donors (Lipinski definition) is 0. The Bertz CT molecular complexity index is 649. The molecule has 20 heavy (non-hydrogen) atoms. The largest absolute Gasteiger partial charge is 0.367 e. The van der Waals surface area contributed by atoms with Gasteiger partial charge in [-0.2, -0.15) is 0 Å². The second-order valence-corrected chi connectivity index (χ2v) is 5.46. The summed E-state index contributed by atoms with van der Waals surface area (Å²) in [6.45, 7) is 0.473. The van der Waals surface area contributed by atoms with E-state index in [9.17, 15) is 0 Å². The lowest BCUT2D eigenvalue weighted by atomic mass is 9.96. The second kappa shape index (κ2) is 6.01. The van der Waals surface area contributed by atoms with Gasteiger partial charge in [0.25, 0.3) is 0 Å². The minimum atomic E-state index is -0.251. The van der Waals surface area contributed by atoms with E-state index < -0.39 is 0 Å². The van der Waals surface area contributed by atoms with E-state index >= 15 is 0 Å². The number of ether oxygens (including phenoxy) is 1. The number of hydrogen-bond acceptors (Lipinski definition) is 1. The Morgan fingerprint density at radius 3 is 2.45 bits per heavy atom. The molecule has 0 fully saturated rings. The average molecular weight is 305 g/mol. The first-order chi connectivity index (χ1) is 9.81. The van der Waals surface area contributed by atoms with Gasteiger partial charge in [-0.25, -0.2) is 0 Å². The molecule has 0 spiro atoms. The van der Waals surface area contributed by atoms with Crippen LogP contribution >= 0.6 is 23.2 Å². The normalized spacial score (nSPS) is 16.9. The Morgan fingerprint density at radius 2 is 1.65 bits per heavy atom. The Labute approximate surface area is 128 Å². The van der Waals surface area contributed by atoms with Crippen molar-refractivity contribution in [1.82, 2.24) is 0 Å². The van der Waals surface area contributed by atoms with E-state index in [0.717, 1.165) is 16.7 Å². The smallest absolute Gasteiger partial charge is 0.119 e. The summed E-state index contributed by atoms with van der Waals surface area (Å²) in [5.74, 6) is 0.454. The van der Waals surface area contributed by atoms with Gasteiger partial charge < -0.3 is 4.74 Å². The van der Waals surface area contributed by atoms with E-state index in [0.29, 0.717) is 17.5 Å². The summed E-state index contributed by atoms with van der Waals surface area (Å²) in [5, 5.41) is 0.688. The van der Waals surface area contributed by atoms with Crippen molar-refractivity contribution in [3.8, 4) is 11.1 Å². The van der Waals surface area contributed by atoms with Crippen LogP contribution in [0.3, 0.4) is 0 Å². The van der Waals surface area contributed by atoms with Crippen molar-refractivity contribution >= 4 is 29.3 Å². The van der Waals surface area contributed by atoms with E-state index in [1.807, 2.05) is 30.3 Å². The molecule has 2 aromatic carbocycles. The van der Waals surface area contributed by atoms with Crippen LogP contribution in [-0.2, 0) is 4.74 Å². The van der Waals surface area contributed by atoms with Crippen LogP contribution in [0.2, 0.25) is 0 Å². The summed E-state index contributed by atoms with van der Waals surface area (Å²) in [7, 11) is 0. The molecule has 1 aliphatic carbocycles. The molecule has 1 aliphatic rings. The topological polar surface area (TPSA) is 9.23 Å². The first-order valence-corrected chi connectivity index (χ1v) is 7.45. The minimum absolute atomic E-state index is 0.251. The standard InChI is InChI=1S/C17H14Cl2O/c18-9-10-20-17-15-8-4-3-7-14(15)13-6-2-1-5-12(13)11-16(17)19/h1-8,11,17H,9-10H2. The van der Waals surface area contributed by atoms with Crippen LogP contribution in [-0.4, -0.2) is 12.5 Å². The monoisotopic (exact) mass is 304 g/mol. The molecule has 0 saturated carbocycles. The molecule has 0 aromatic heterocycles. The van der Waals surface area contributed by atoms with Crippen molar-refractivity contribution in [3.63, 3.8) is 0 Å². The molecule has 1 nitrogen and oxygen atoms in total. The molecule has 102 valence electrons. The summed E-state index contributed by atoms with van der Waals surface area (Å²) in [4.78, 5) is 0. The summed E-state index contributed by atoms with van der Waals surface area (Å²) in [5.41, 5.74) is 4.54. The van der Waals surface area contributed by atoms with Gasteiger partial charge >= 0.3 is 0 Å². The molecule has 0 bridgehead atoms. The zero-order valence-corrected chi connectivity index (χ0v) is 12.4. The maximum atomic E-state index is 6.47. The number of fused-ring (bicyclic) bond motifs is 3. The highest BCUT2D eigenvalue weighted by atomic mass is 35.5. The van der Waals surface area contributed by atoms with Crippen molar-refractivity contribution < 1.29 is 4.74 Å². The highest BCUT2D eigenvalue weighted by Gasteiger charge is 2.23. The van der Waals surface area contributed by atoms with Crippen molar-refractivity contribution in [3.05, 3.63) is 64.7 Å². The molecule has 0 radical (unpaired) electrons. The van der Waals surface area contributed by atoms with Crippen molar-refractivity contribution in [2.45, 2.75) is 6.10 Å².